The van der Waals surface area contributed by atoms with Crippen molar-refractivity contribution in [3.8, 4) is 17.2 Å². The summed E-state index contributed by atoms with van der Waals surface area (Å²) < 4.78 is 17.1. The molecule has 6 nitrogen and oxygen atoms in total. The van der Waals surface area contributed by atoms with Crippen molar-refractivity contribution in [2.75, 3.05) is 40.4 Å². The van der Waals surface area contributed by atoms with E-state index in [1.165, 1.54) is 5.56 Å². The Morgan fingerprint density at radius 3 is 1.88 bits per heavy atom. The molecular weight excluding hydrogens is 416 g/mol. The van der Waals surface area contributed by atoms with E-state index in [1.807, 2.05) is 41.3 Å². The molecule has 1 amide bonds. The number of benzene rings is 3. The fraction of sp³-hybridized carbons (Fsp3) is 0.296. The van der Waals surface area contributed by atoms with Crippen molar-refractivity contribution in [1.29, 1.82) is 0 Å². The van der Waals surface area contributed by atoms with E-state index in [1.54, 1.807) is 26.4 Å². The van der Waals surface area contributed by atoms with Gasteiger partial charge in [-0.1, -0.05) is 60.7 Å². The minimum Gasteiger partial charge on any atom is -0.493 e. The lowest BCUT2D eigenvalue weighted by Crippen LogP contribution is -2.48. The van der Waals surface area contributed by atoms with E-state index in [4.69, 9.17) is 14.2 Å². The number of methoxy groups -OCH3 is 2. The molecule has 4 rings (SSSR count). The van der Waals surface area contributed by atoms with Gasteiger partial charge in [-0.2, -0.15) is 0 Å². The quantitative estimate of drug-likeness (QED) is 0.518. The van der Waals surface area contributed by atoms with Crippen LogP contribution in [-0.4, -0.2) is 56.1 Å². The molecule has 6 heteroatoms. The molecule has 1 heterocycles. The van der Waals surface area contributed by atoms with Crippen LogP contribution < -0.4 is 14.2 Å². The average Bonchev–Trinajstić information content (AvgIpc) is 2.88. The molecule has 0 spiro atoms. The van der Waals surface area contributed by atoms with Crippen LogP contribution in [0.1, 0.15) is 21.5 Å². The Bertz CT molecular complexity index is 1020. The number of ether oxygens (including phenoxy) is 3. The fourth-order valence-corrected chi connectivity index (χ4v) is 4.01. The highest BCUT2D eigenvalue weighted by molar-refractivity contribution is 5.95. The second-order valence-electron chi connectivity index (χ2n) is 8.04. The van der Waals surface area contributed by atoms with E-state index in [-0.39, 0.29) is 5.91 Å². The molecule has 0 radical (unpaired) electrons. The second-order valence-corrected chi connectivity index (χ2v) is 8.04. The van der Waals surface area contributed by atoms with Crippen molar-refractivity contribution < 1.29 is 19.0 Å². The first-order valence-electron chi connectivity index (χ1n) is 11.2. The predicted octanol–water partition coefficient (Wildman–Crippen LogP) is 4.24. The molecule has 0 saturated carbocycles. The van der Waals surface area contributed by atoms with E-state index in [0.29, 0.717) is 42.5 Å². The van der Waals surface area contributed by atoms with Crippen LogP contribution >= 0.6 is 0 Å². The van der Waals surface area contributed by atoms with Gasteiger partial charge in [0.2, 0.25) is 5.75 Å². The molecular formula is C27H30N2O4. The van der Waals surface area contributed by atoms with E-state index in [0.717, 1.165) is 25.2 Å². The summed E-state index contributed by atoms with van der Waals surface area (Å²) >= 11 is 0. The number of carbonyl (C=O) groups excluding carboxylic acids is 1. The second kappa shape index (κ2) is 10.9. The third kappa shape index (κ3) is 5.65. The first-order chi connectivity index (χ1) is 16.2. The minimum absolute atomic E-state index is 0.0272. The van der Waals surface area contributed by atoms with Crippen LogP contribution in [0.25, 0.3) is 0 Å². The minimum atomic E-state index is -0.0272. The fourth-order valence-electron chi connectivity index (χ4n) is 4.01. The third-order valence-electron chi connectivity index (χ3n) is 5.84. The van der Waals surface area contributed by atoms with Gasteiger partial charge in [-0.05, 0) is 23.3 Å². The summed E-state index contributed by atoms with van der Waals surface area (Å²) in [7, 11) is 3.14. The lowest BCUT2D eigenvalue weighted by Gasteiger charge is -2.35. The zero-order valence-electron chi connectivity index (χ0n) is 19.2. The van der Waals surface area contributed by atoms with Crippen LogP contribution in [0, 0.1) is 0 Å². The summed E-state index contributed by atoms with van der Waals surface area (Å²) in [6.45, 7) is 4.33. The van der Waals surface area contributed by atoms with Crippen LogP contribution in [0.4, 0.5) is 0 Å². The van der Waals surface area contributed by atoms with E-state index < -0.39 is 0 Å². The normalized spacial score (nSPS) is 14.1. The van der Waals surface area contributed by atoms with Crippen LogP contribution in [0.15, 0.2) is 72.8 Å². The summed E-state index contributed by atoms with van der Waals surface area (Å²) in [6.07, 6.45) is 0. The molecule has 33 heavy (non-hydrogen) atoms. The van der Waals surface area contributed by atoms with Gasteiger partial charge in [0.1, 0.15) is 6.61 Å². The molecule has 0 aliphatic carbocycles. The summed E-state index contributed by atoms with van der Waals surface area (Å²) in [4.78, 5) is 17.5. The molecule has 0 N–H and O–H groups in total. The van der Waals surface area contributed by atoms with Crippen molar-refractivity contribution in [1.82, 2.24) is 9.80 Å². The maximum Gasteiger partial charge on any atom is 0.254 e. The predicted molar refractivity (Wildman–Crippen MR) is 128 cm³/mol. The lowest BCUT2D eigenvalue weighted by atomic mass is 10.1. The maximum atomic E-state index is 13.2. The number of hydrogen-bond acceptors (Lipinski definition) is 5. The first-order valence-corrected chi connectivity index (χ1v) is 11.2. The van der Waals surface area contributed by atoms with E-state index >= 15 is 0 Å². The van der Waals surface area contributed by atoms with Gasteiger partial charge in [0, 0.05) is 38.3 Å². The molecule has 0 bridgehead atoms. The number of carbonyl (C=O) groups is 1. The van der Waals surface area contributed by atoms with Gasteiger partial charge >= 0.3 is 0 Å². The van der Waals surface area contributed by atoms with E-state index in [9.17, 15) is 4.79 Å². The van der Waals surface area contributed by atoms with E-state index in [2.05, 4.69) is 29.2 Å². The maximum absolute atomic E-state index is 13.2. The third-order valence-corrected chi connectivity index (χ3v) is 5.84. The van der Waals surface area contributed by atoms with Crippen molar-refractivity contribution in [2.45, 2.75) is 13.2 Å². The topological polar surface area (TPSA) is 51.2 Å². The highest BCUT2D eigenvalue weighted by Crippen LogP contribution is 2.39. The standard InChI is InChI=1S/C27H30N2O4/c1-31-24-17-23(18-25(32-2)26(24)33-20-22-11-7-4-8-12-22)27(30)29-15-13-28(14-16-29)19-21-9-5-3-6-10-21/h3-12,17-18H,13-16,19-20H2,1-2H3. The number of nitrogens with zero attached hydrogens (tertiary/aromatic N) is 2. The Labute approximate surface area is 195 Å². The molecule has 1 aliphatic rings. The molecule has 1 aliphatic heterocycles. The zero-order valence-corrected chi connectivity index (χ0v) is 19.2. The Morgan fingerprint density at radius 1 is 0.788 bits per heavy atom. The Hall–Kier alpha value is -3.51. The van der Waals surface area contributed by atoms with Crippen LogP contribution in [0.5, 0.6) is 17.2 Å². The van der Waals surface area contributed by atoms with Crippen molar-refractivity contribution in [3.63, 3.8) is 0 Å². The molecule has 0 atom stereocenters. The van der Waals surface area contributed by atoms with Crippen molar-refractivity contribution >= 4 is 5.91 Å². The lowest BCUT2D eigenvalue weighted by molar-refractivity contribution is 0.0627. The van der Waals surface area contributed by atoms with Crippen LogP contribution in [0.2, 0.25) is 0 Å². The summed E-state index contributed by atoms with van der Waals surface area (Å²) in [5, 5.41) is 0. The molecule has 3 aromatic rings. The summed E-state index contributed by atoms with van der Waals surface area (Å²) in [5.74, 6) is 1.43. The zero-order chi connectivity index (χ0) is 23.0. The molecule has 1 fully saturated rings. The van der Waals surface area contributed by atoms with Crippen molar-refractivity contribution in [3.05, 3.63) is 89.5 Å². The van der Waals surface area contributed by atoms with Gasteiger partial charge in [-0.25, -0.2) is 0 Å². The van der Waals surface area contributed by atoms with Gasteiger partial charge in [-0.15, -0.1) is 0 Å². The Morgan fingerprint density at radius 2 is 1.33 bits per heavy atom. The highest BCUT2D eigenvalue weighted by Gasteiger charge is 2.25. The molecule has 3 aromatic carbocycles. The van der Waals surface area contributed by atoms with Crippen LogP contribution in [-0.2, 0) is 13.2 Å². The summed E-state index contributed by atoms with van der Waals surface area (Å²) in [5.41, 5.74) is 2.86. The average molecular weight is 447 g/mol. The molecule has 0 unspecified atom stereocenters. The van der Waals surface area contributed by atoms with Gasteiger partial charge in [0.05, 0.1) is 14.2 Å². The number of rotatable bonds is 8. The smallest absolute Gasteiger partial charge is 0.254 e. The summed E-state index contributed by atoms with van der Waals surface area (Å²) in [6, 6.07) is 23.8. The molecule has 172 valence electrons. The monoisotopic (exact) mass is 446 g/mol. The van der Waals surface area contributed by atoms with Gasteiger partial charge < -0.3 is 19.1 Å². The number of hydrogen-bond donors (Lipinski definition) is 0. The van der Waals surface area contributed by atoms with Gasteiger partial charge in [0.25, 0.3) is 5.91 Å². The molecule has 1 saturated heterocycles. The SMILES string of the molecule is COc1cc(C(=O)N2CCN(Cc3ccccc3)CC2)cc(OC)c1OCc1ccccc1. The number of amides is 1. The van der Waals surface area contributed by atoms with Gasteiger partial charge in [-0.3, -0.25) is 9.69 Å². The van der Waals surface area contributed by atoms with Crippen molar-refractivity contribution in [2.24, 2.45) is 0 Å². The van der Waals surface area contributed by atoms with Gasteiger partial charge in [0.15, 0.2) is 11.5 Å². The van der Waals surface area contributed by atoms with Crippen LogP contribution in [0.3, 0.4) is 0 Å². The first kappa shape index (κ1) is 22.7. The Balaban J connectivity index is 1.43. The highest BCUT2D eigenvalue weighted by atomic mass is 16.5. The largest absolute Gasteiger partial charge is 0.493 e. The number of piperazine rings is 1. The molecule has 0 aromatic heterocycles. The Kier molecular flexibility index (Phi) is 7.47.